The third-order valence-electron chi connectivity index (χ3n) is 2.66. The van der Waals surface area contributed by atoms with Crippen molar-refractivity contribution in [2.75, 3.05) is 10.6 Å². The van der Waals surface area contributed by atoms with Crippen molar-refractivity contribution in [3.05, 3.63) is 35.7 Å². The Morgan fingerprint density at radius 2 is 2.21 bits per heavy atom. The van der Waals surface area contributed by atoms with Crippen molar-refractivity contribution in [2.24, 2.45) is 7.05 Å². The van der Waals surface area contributed by atoms with E-state index in [1.54, 1.807) is 4.68 Å². The number of rotatable bonds is 4. The molecule has 1 aromatic heterocycles. The topological polar surface area (TPSA) is 71.8 Å². The molecule has 0 aliphatic heterocycles. The Morgan fingerprint density at radius 1 is 1.42 bits per heavy atom. The molecule has 100 valence electrons. The van der Waals surface area contributed by atoms with Gasteiger partial charge in [0.1, 0.15) is 5.69 Å². The van der Waals surface area contributed by atoms with E-state index in [4.69, 9.17) is 0 Å². The summed E-state index contributed by atoms with van der Waals surface area (Å²) in [6.07, 6.45) is 1.87. The van der Waals surface area contributed by atoms with Crippen LogP contribution in [0.3, 0.4) is 0 Å². The molecule has 2 aromatic rings. The predicted octanol–water partition coefficient (Wildman–Crippen LogP) is 1.69. The van der Waals surface area contributed by atoms with E-state index in [0.717, 1.165) is 22.6 Å². The van der Waals surface area contributed by atoms with Crippen molar-refractivity contribution < 1.29 is 4.79 Å². The summed E-state index contributed by atoms with van der Waals surface area (Å²) in [5.74, 6) is -0.0663. The molecule has 2 N–H and O–H groups in total. The molecule has 6 nitrogen and oxygen atoms in total. The smallest absolute Gasteiger partial charge is 0.221 e. The van der Waals surface area contributed by atoms with Gasteiger partial charge >= 0.3 is 0 Å². The zero-order chi connectivity index (χ0) is 13.8. The highest BCUT2D eigenvalue weighted by molar-refractivity contribution is 5.89. The number of aryl methyl sites for hydroxylation is 2. The molecule has 19 heavy (non-hydrogen) atoms. The molecule has 0 radical (unpaired) electrons. The molecule has 0 saturated carbocycles. The normalized spacial score (nSPS) is 10.3. The van der Waals surface area contributed by atoms with Crippen LogP contribution < -0.4 is 10.6 Å². The lowest BCUT2D eigenvalue weighted by molar-refractivity contribution is -0.114. The molecule has 0 spiro atoms. The average Bonchev–Trinajstić information content (AvgIpc) is 2.75. The first kappa shape index (κ1) is 13.1. The Kier molecular flexibility index (Phi) is 3.79. The average molecular weight is 259 g/mol. The molecular weight excluding hydrogens is 242 g/mol. The fraction of sp³-hybridized carbons (Fsp3) is 0.308. The Bertz CT molecular complexity index is 590. The summed E-state index contributed by atoms with van der Waals surface area (Å²) in [6.45, 7) is 4.07. The predicted molar refractivity (Wildman–Crippen MR) is 73.8 cm³/mol. The first-order valence-corrected chi connectivity index (χ1v) is 6.02. The van der Waals surface area contributed by atoms with E-state index in [1.807, 2.05) is 38.4 Å². The number of carbonyl (C=O) groups excluding carboxylic acids is 1. The van der Waals surface area contributed by atoms with Crippen LogP contribution in [-0.2, 0) is 18.4 Å². The van der Waals surface area contributed by atoms with E-state index in [9.17, 15) is 4.79 Å². The van der Waals surface area contributed by atoms with Crippen molar-refractivity contribution in [3.63, 3.8) is 0 Å². The highest BCUT2D eigenvalue weighted by Gasteiger charge is 2.03. The number of carbonyl (C=O) groups is 1. The summed E-state index contributed by atoms with van der Waals surface area (Å²) in [7, 11) is 1.84. The van der Waals surface area contributed by atoms with E-state index in [2.05, 4.69) is 20.9 Å². The highest BCUT2D eigenvalue weighted by Crippen LogP contribution is 2.19. The number of nitrogens with one attached hydrogen (secondary N) is 2. The largest absolute Gasteiger partial charge is 0.379 e. The summed E-state index contributed by atoms with van der Waals surface area (Å²) >= 11 is 0. The number of benzene rings is 1. The van der Waals surface area contributed by atoms with Gasteiger partial charge in [-0.25, -0.2) is 0 Å². The zero-order valence-corrected chi connectivity index (χ0v) is 11.3. The van der Waals surface area contributed by atoms with E-state index < -0.39 is 0 Å². The van der Waals surface area contributed by atoms with Gasteiger partial charge in [0.2, 0.25) is 5.91 Å². The first-order chi connectivity index (χ1) is 9.04. The van der Waals surface area contributed by atoms with Crippen LogP contribution in [-0.4, -0.2) is 20.9 Å². The molecule has 0 unspecified atom stereocenters. The van der Waals surface area contributed by atoms with Crippen LogP contribution in [0.15, 0.2) is 24.4 Å². The fourth-order valence-corrected chi connectivity index (χ4v) is 1.77. The number of nitrogens with zero attached hydrogens (tertiary/aromatic N) is 3. The van der Waals surface area contributed by atoms with E-state index >= 15 is 0 Å². The lowest BCUT2D eigenvalue weighted by Gasteiger charge is -2.10. The SMILES string of the molecule is CC(=O)Nc1ccc(NCc2cn(C)nn2)cc1C. The molecule has 6 heteroatoms. The standard InChI is InChI=1S/C13H17N5O/c1-9-6-11(4-5-13(9)15-10(2)19)14-7-12-8-18(3)17-16-12/h4-6,8,14H,7H2,1-3H3,(H,15,19). The monoisotopic (exact) mass is 259 g/mol. The summed E-state index contributed by atoms with van der Waals surface area (Å²) in [6, 6.07) is 5.80. The molecule has 2 rings (SSSR count). The minimum Gasteiger partial charge on any atom is -0.379 e. The van der Waals surface area contributed by atoms with Crippen molar-refractivity contribution in [2.45, 2.75) is 20.4 Å². The van der Waals surface area contributed by atoms with E-state index in [-0.39, 0.29) is 5.91 Å². The van der Waals surface area contributed by atoms with E-state index in [0.29, 0.717) is 6.54 Å². The van der Waals surface area contributed by atoms with Crippen LogP contribution in [0.4, 0.5) is 11.4 Å². The number of aromatic nitrogens is 3. The van der Waals surface area contributed by atoms with Crippen molar-refractivity contribution in [1.82, 2.24) is 15.0 Å². The summed E-state index contributed by atoms with van der Waals surface area (Å²) in [5, 5.41) is 13.9. The van der Waals surface area contributed by atoms with Gasteiger partial charge in [-0.05, 0) is 30.7 Å². The first-order valence-electron chi connectivity index (χ1n) is 6.02. The lowest BCUT2D eigenvalue weighted by Crippen LogP contribution is -2.07. The highest BCUT2D eigenvalue weighted by atomic mass is 16.1. The van der Waals surface area contributed by atoms with Gasteiger partial charge in [0.25, 0.3) is 0 Å². The second kappa shape index (κ2) is 5.51. The van der Waals surface area contributed by atoms with Crippen molar-refractivity contribution in [1.29, 1.82) is 0 Å². The summed E-state index contributed by atoms with van der Waals surface area (Å²) < 4.78 is 1.67. The van der Waals surface area contributed by atoms with Gasteiger partial charge < -0.3 is 10.6 Å². The van der Waals surface area contributed by atoms with Gasteiger partial charge in [-0.15, -0.1) is 5.10 Å². The van der Waals surface area contributed by atoms with Crippen LogP contribution >= 0.6 is 0 Å². The Balaban J connectivity index is 2.01. The van der Waals surface area contributed by atoms with Gasteiger partial charge in [-0.3, -0.25) is 9.48 Å². The molecular formula is C13H17N5O. The number of hydrogen-bond acceptors (Lipinski definition) is 4. The van der Waals surface area contributed by atoms with Crippen LogP contribution in [0.1, 0.15) is 18.2 Å². The Hall–Kier alpha value is -2.37. The number of amides is 1. The molecule has 0 bridgehead atoms. The number of anilines is 2. The second-order valence-electron chi connectivity index (χ2n) is 4.45. The van der Waals surface area contributed by atoms with Gasteiger partial charge in [0, 0.05) is 31.5 Å². The third-order valence-corrected chi connectivity index (χ3v) is 2.66. The molecule has 0 atom stereocenters. The van der Waals surface area contributed by atoms with Crippen molar-refractivity contribution in [3.8, 4) is 0 Å². The molecule has 1 heterocycles. The van der Waals surface area contributed by atoms with Crippen LogP contribution in [0.2, 0.25) is 0 Å². The van der Waals surface area contributed by atoms with E-state index in [1.165, 1.54) is 6.92 Å². The van der Waals surface area contributed by atoms with Crippen LogP contribution in [0.25, 0.3) is 0 Å². The van der Waals surface area contributed by atoms with Gasteiger partial charge in [0.05, 0.1) is 6.54 Å². The molecule has 1 amide bonds. The minimum absolute atomic E-state index is 0.0663. The molecule has 0 fully saturated rings. The van der Waals surface area contributed by atoms with Gasteiger partial charge in [0.15, 0.2) is 0 Å². The molecule has 0 saturated heterocycles. The number of hydrogen-bond donors (Lipinski definition) is 2. The molecule has 1 aromatic carbocycles. The second-order valence-corrected chi connectivity index (χ2v) is 4.45. The van der Waals surface area contributed by atoms with Gasteiger partial charge in [-0.1, -0.05) is 5.21 Å². The maximum absolute atomic E-state index is 11.0. The van der Waals surface area contributed by atoms with Gasteiger partial charge in [-0.2, -0.15) is 0 Å². The Morgan fingerprint density at radius 3 is 2.79 bits per heavy atom. The zero-order valence-electron chi connectivity index (χ0n) is 11.3. The third kappa shape index (κ3) is 3.54. The summed E-state index contributed by atoms with van der Waals surface area (Å²) in [5.41, 5.74) is 3.71. The van der Waals surface area contributed by atoms with Crippen LogP contribution in [0, 0.1) is 6.92 Å². The molecule has 0 aliphatic rings. The fourth-order valence-electron chi connectivity index (χ4n) is 1.77. The Labute approximate surface area is 111 Å². The van der Waals surface area contributed by atoms with Crippen LogP contribution in [0.5, 0.6) is 0 Å². The minimum atomic E-state index is -0.0663. The quantitative estimate of drug-likeness (QED) is 0.876. The maximum Gasteiger partial charge on any atom is 0.221 e. The van der Waals surface area contributed by atoms with Crippen molar-refractivity contribution >= 4 is 17.3 Å². The molecule has 0 aliphatic carbocycles. The maximum atomic E-state index is 11.0. The summed E-state index contributed by atoms with van der Waals surface area (Å²) in [4.78, 5) is 11.0. The lowest BCUT2D eigenvalue weighted by atomic mass is 10.1.